The van der Waals surface area contributed by atoms with Crippen LogP contribution in [0.4, 0.5) is 5.69 Å². The summed E-state index contributed by atoms with van der Waals surface area (Å²) in [6, 6.07) is 5.52. The van der Waals surface area contributed by atoms with Gasteiger partial charge in [0.2, 0.25) is 11.7 Å². The lowest BCUT2D eigenvalue weighted by Gasteiger charge is -2.35. The molecule has 0 bridgehead atoms. The van der Waals surface area contributed by atoms with E-state index in [0.29, 0.717) is 29.4 Å². The van der Waals surface area contributed by atoms with Gasteiger partial charge >= 0.3 is 0 Å². The summed E-state index contributed by atoms with van der Waals surface area (Å²) in [5, 5.41) is 4.63. The van der Waals surface area contributed by atoms with E-state index in [1.807, 2.05) is 17.5 Å². The van der Waals surface area contributed by atoms with Gasteiger partial charge in [0.1, 0.15) is 6.04 Å². The summed E-state index contributed by atoms with van der Waals surface area (Å²) >= 11 is 1.44. The minimum Gasteiger partial charge on any atom is -0.493 e. The molecule has 2 N–H and O–H groups in total. The zero-order chi connectivity index (χ0) is 21.2. The summed E-state index contributed by atoms with van der Waals surface area (Å²) in [7, 11) is 2.01. The number of hydrogen-bond acceptors (Lipinski definition) is 7. The molecule has 2 atom stereocenters. The van der Waals surface area contributed by atoms with Crippen molar-refractivity contribution >= 4 is 33.1 Å². The number of likely N-dealkylation sites (N-methyl/N-ethyl adjacent to an activating group) is 1. The molecule has 0 spiro atoms. The Morgan fingerprint density at radius 2 is 1.86 bits per heavy atom. The van der Waals surface area contributed by atoms with Crippen molar-refractivity contribution in [2.45, 2.75) is 18.5 Å². The molecule has 1 amide bonds. The van der Waals surface area contributed by atoms with Gasteiger partial charge in [0.15, 0.2) is 11.5 Å². The molecular formula is C18H23N3O6S2. The molecule has 0 radical (unpaired) electrons. The number of thiophene rings is 1. The first-order valence-corrected chi connectivity index (χ1v) is 11.0. The van der Waals surface area contributed by atoms with Crippen LogP contribution in [-0.4, -0.2) is 53.0 Å². The Bertz CT molecular complexity index is 952. The lowest BCUT2D eigenvalue weighted by atomic mass is 10.1. The van der Waals surface area contributed by atoms with Gasteiger partial charge in [-0.1, -0.05) is 6.07 Å². The lowest BCUT2D eigenvalue weighted by molar-refractivity contribution is -0.120. The van der Waals surface area contributed by atoms with Crippen molar-refractivity contribution in [3.63, 3.8) is 0 Å². The summed E-state index contributed by atoms with van der Waals surface area (Å²) in [6.45, 7) is 0. The van der Waals surface area contributed by atoms with Crippen molar-refractivity contribution in [3.05, 3.63) is 34.5 Å². The van der Waals surface area contributed by atoms with Gasteiger partial charge in [-0.2, -0.15) is 17.4 Å². The predicted molar refractivity (Wildman–Crippen MR) is 110 cm³/mol. The third-order valence-corrected chi connectivity index (χ3v) is 7.27. The highest BCUT2D eigenvalue weighted by molar-refractivity contribution is 7.87. The number of carbonyl (C=O) groups is 1. The van der Waals surface area contributed by atoms with Crippen LogP contribution >= 0.6 is 11.3 Å². The van der Waals surface area contributed by atoms with Crippen LogP contribution in [0.15, 0.2) is 29.6 Å². The molecule has 11 heteroatoms. The molecule has 1 aromatic carbocycles. The van der Waals surface area contributed by atoms with Crippen LogP contribution in [0.25, 0.3) is 0 Å². The van der Waals surface area contributed by atoms with Crippen LogP contribution in [0.3, 0.4) is 0 Å². The lowest BCUT2D eigenvalue weighted by Crippen LogP contribution is -2.55. The van der Waals surface area contributed by atoms with Crippen molar-refractivity contribution in [3.8, 4) is 17.2 Å². The maximum absolute atomic E-state index is 13.0. The molecule has 3 rings (SSSR count). The number of carbonyl (C=O) groups excluding carboxylic acids is 1. The SMILES string of the molecule is COc1cc(NC(=O)[C@H]2C[C@@H](c3cccs3)NS(=O)(=O)N2C)cc(OC)c1OC. The van der Waals surface area contributed by atoms with E-state index in [1.165, 1.54) is 39.7 Å². The van der Waals surface area contributed by atoms with Crippen molar-refractivity contribution in [1.29, 1.82) is 0 Å². The number of benzene rings is 1. The average molecular weight is 442 g/mol. The van der Waals surface area contributed by atoms with E-state index in [2.05, 4.69) is 10.0 Å². The second-order valence-electron chi connectivity index (χ2n) is 6.36. The number of amides is 1. The minimum absolute atomic E-state index is 0.298. The first kappa shape index (κ1) is 21.4. The second-order valence-corrected chi connectivity index (χ2v) is 9.10. The van der Waals surface area contributed by atoms with E-state index >= 15 is 0 Å². The van der Waals surface area contributed by atoms with E-state index in [4.69, 9.17) is 14.2 Å². The van der Waals surface area contributed by atoms with Crippen LogP contribution in [0, 0.1) is 0 Å². The van der Waals surface area contributed by atoms with Gasteiger partial charge in [0.05, 0.1) is 27.4 Å². The second kappa shape index (κ2) is 8.57. The van der Waals surface area contributed by atoms with Crippen molar-refractivity contribution in [2.75, 3.05) is 33.7 Å². The molecule has 1 aliphatic rings. The van der Waals surface area contributed by atoms with Gasteiger partial charge in [0.25, 0.3) is 10.2 Å². The maximum Gasteiger partial charge on any atom is 0.280 e. The Morgan fingerprint density at radius 1 is 1.21 bits per heavy atom. The third kappa shape index (κ3) is 4.32. The molecule has 158 valence electrons. The summed E-state index contributed by atoms with van der Waals surface area (Å²) in [6.07, 6.45) is 0.298. The molecular weight excluding hydrogens is 418 g/mol. The smallest absolute Gasteiger partial charge is 0.280 e. The van der Waals surface area contributed by atoms with Gasteiger partial charge in [-0.05, 0) is 17.9 Å². The topological polar surface area (TPSA) is 106 Å². The quantitative estimate of drug-likeness (QED) is 0.710. The zero-order valence-electron chi connectivity index (χ0n) is 16.5. The molecule has 1 aromatic heterocycles. The Kier molecular flexibility index (Phi) is 6.32. The van der Waals surface area contributed by atoms with E-state index in [1.54, 1.807) is 12.1 Å². The van der Waals surface area contributed by atoms with Crippen LogP contribution in [0.2, 0.25) is 0 Å². The number of ether oxygens (including phenoxy) is 3. The Balaban J connectivity index is 1.87. The average Bonchev–Trinajstić information content (AvgIpc) is 3.23. The normalized spacial score (nSPS) is 21.4. The predicted octanol–water partition coefficient (Wildman–Crippen LogP) is 1.99. The Labute approximate surface area is 173 Å². The molecule has 0 saturated carbocycles. The molecule has 9 nitrogen and oxygen atoms in total. The Hall–Kier alpha value is -2.34. The van der Waals surface area contributed by atoms with E-state index < -0.39 is 28.2 Å². The summed E-state index contributed by atoms with van der Waals surface area (Å²) < 4.78 is 44.6. The highest BCUT2D eigenvalue weighted by Gasteiger charge is 2.41. The van der Waals surface area contributed by atoms with Gasteiger partial charge in [-0.25, -0.2) is 0 Å². The monoisotopic (exact) mass is 441 g/mol. The first-order valence-electron chi connectivity index (χ1n) is 8.70. The summed E-state index contributed by atoms with van der Waals surface area (Å²) in [4.78, 5) is 13.8. The number of methoxy groups -OCH3 is 3. The van der Waals surface area contributed by atoms with E-state index in [-0.39, 0.29) is 0 Å². The summed E-state index contributed by atoms with van der Waals surface area (Å²) in [5.41, 5.74) is 0.404. The van der Waals surface area contributed by atoms with E-state index in [9.17, 15) is 13.2 Å². The first-order chi connectivity index (χ1) is 13.8. The van der Waals surface area contributed by atoms with Crippen molar-refractivity contribution in [2.24, 2.45) is 0 Å². The van der Waals surface area contributed by atoms with Gasteiger partial charge in [0, 0.05) is 29.7 Å². The highest BCUT2D eigenvalue weighted by atomic mass is 32.2. The Morgan fingerprint density at radius 3 is 2.38 bits per heavy atom. The van der Waals surface area contributed by atoms with Gasteiger partial charge in [-0.3, -0.25) is 4.79 Å². The van der Waals surface area contributed by atoms with Crippen LogP contribution in [-0.2, 0) is 15.0 Å². The fourth-order valence-corrected chi connectivity index (χ4v) is 5.30. The summed E-state index contributed by atoms with van der Waals surface area (Å²) in [5.74, 6) is 0.704. The molecule has 2 aromatic rings. The number of nitrogens with zero attached hydrogens (tertiary/aromatic N) is 1. The molecule has 1 aliphatic heterocycles. The van der Waals surface area contributed by atoms with Crippen molar-refractivity contribution in [1.82, 2.24) is 9.03 Å². The number of nitrogens with one attached hydrogen (secondary N) is 2. The maximum atomic E-state index is 13.0. The molecule has 1 saturated heterocycles. The fraction of sp³-hybridized carbons (Fsp3) is 0.389. The minimum atomic E-state index is -3.80. The highest BCUT2D eigenvalue weighted by Crippen LogP contribution is 2.40. The molecule has 0 aliphatic carbocycles. The number of rotatable bonds is 6. The fourth-order valence-electron chi connectivity index (χ4n) is 3.16. The van der Waals surface area contributed by atoms with Crippen LogP contribution in [0.5, 0.6) is 17.2 Å². The standard InChI is InChI=1S/C18H23N3O6S2/c1-21-13(10-12(20-29(21,23)24)16-6-5-7-28-16)18(22)19-11-8-14(25-2)17(27-4)15(9-11)26-3/h5-9,12-13,20H,10H2,1-4H3,(H,19,22)/t12-,13+/m0/s1. The van der Waals surface area contributed by atoms with E-state index in [0.717, 1.165) is 9.18 Å². The zero-order valence-corrected chi connectivity index (χ0v) is 18.1. The molecule has 2 heterocycles. The number of hydrogen-bond donors (Lipinski definition) is 2. The van der Waals surface area contributed by atoms with Crippen molar-refractivity contribution < 1.29 is 27.4 Å². The van der Waals surface area contributed by atoms with Crippen LogP contribution < -0.4 is 24.2 Å². The molecule has 29 heavy (non-hydrogen) atoms. The number of anilines is 1. The molecule has 1 fully saturated rings. The molecule has 0 unspecified atom stereocenters. The van der Waals surface area contributed by atoms with Crippen LogP contribution in [0.1, 0.15) is 17.3 Å². The third-order valence-electron chi connectivity index (χ3n) is 4.69. The van der Waals surface area contributed by atoms with Gasteiger partial charge in [-0.15, -0.1) is 11.3 Å². The van der Waals surface area contributed by atoms with Gasteiger partial charge < -0.3 is 19.5 Å². The largest absolute Gasteiger partial charge is 0.493 e.